The van der Waals surface area contributed by atoms with Crippen molar-refractivity contribution in [3.05, 3.63) is 35.6 Å². The minimum atomic E-state index is -0.535. The molecule has 84 valence electrons. The maximum absolute atomic E-state index is 12.8. The number of hydrogen-bond acceptors (Lipinski definition) is 2. The molecule has 0 bridgehead atoms. The maximum Gasteiger partial charge on any atom is 0.123 e. The molecule has 0 unspecified atom stereocenters. The molecule has 0 radical (unpaired) electrons. The van der Waals surface area contributed by atoms with Crippen molar-refractivity contribution in [1.82, 2.24) is 0 Å². The molecule has 2 nitrogen and oxygen atoms in total. The van der Waals surface area contributed by atoms with Gasteiger partial charge in [-0.15, -0.1) is 0 Å². The zero-order chi connectivity index (χ0) is 11.6. The van der Waals surface area contributed by atoms with Crippen molar-refractivity contribution >= 4 is 0 Å². The summed E-state index contributed by atoms with van der Waals surface area (Å²) in [6.45, 7) is 0. The summed E-state index contributed by atoms with van der Waals surface area (Å²) >= 11 is 0. The minimum Gasteiger partial charge on any atom is -0.393 e. The van der Waals surface area contributed by atoms with Gasteiger partial charge >= 0.3 is 0 Å². The lowest BCUT2D eigenvalue weighted by Crippen LogP contribution is -2.32. The molecule has 0 atom stereocenters. The fourth-order valence-electron chi connectivity index (χ4n) is 2.33. The van der Waals surface area contributed by atoms with Gasteiger partial charge in [0, 0.05) is 0 Å². The molecule has 0 aliphatic heterocycles. The zero-order valence-electron chi connectivity index (χ0n) is 8.99. The van der Waals surface area contributed by atoms with Gasteiger partial charge in [-0.3, -0.25) is 0 Å². The molecular weight excluding hydrogens is 205 g/mol. The Balaban J connectivity index is 2.29. The summed E-state index contributed by atoms with van der Waals surface area (Å²) in [7, 11) is 0. The fourth-order valence-corrected chi connectivity index (χ4v) is 2.33. The van der Waals surface area contributed by atoms with E-state index in [0.29, 0.717) is 25.7 Å². The molecule has 1 aromatic carbocycles. The Morgan fingerprint density at radius 1 is 1.25 bits per heavy atom. The number of aliphatic hydroxyl groups excluding tert-OH is 1. The molecule has 0 saturated heterocycles. The molecule has 1 fully saturated rings. The maximum atomic E-state index is 12.8. The van der Waals surface area contributed by atoms with Gasteiger partial charge in [0.15, 0.2) is 0 Å². The van der Waals surface area contributed by atoms with Gasteiger partial charge in [0.05, 0.1) is 17.6 Å². The van der Waals surface area contributed by atoms with Crippen LogP contribution < -0.4 is 0 Å². The van der Waals surface area contributed by atoms with Crippen LogP contribution in [0, 0.1) is 17.1 Å². The van der Waals surface area contributed by atoms with E-state index in [0.717, 1.165) is 5.56 Å². The second-order valence-corrected chi connectivity index (χ2v) is 4.43. The number of nitriles is 1. The van der Waals surface area contributed by atoms with Gasteiger partial charge in [-0.2, -0.15) is 5.26 Å². The summed E-state index contributed by atoms with van der Waals surface area (Å²) < 4.78 is 12.8. The Hall–Kier alpha value is -1.40. The van der Waals surface area contributed by atoms with Crippen molar-refractivity contribution in [1.29, 1.82) is 5.26 Å². The predicted octanol–water partition coefficient (Wildman–Crippen LogP) is 2.52. The fraction of sp³-hybridized carbons (Fsp3) is 0.462. The van der Waals surface area contributed by atoms with E-state index in [1.54, 1.807) is 12.1 Å². The highest BCUT2D eigenvalue weighted by Crippen LogP contribution is 2.38. The summed E-state index contributed by atoms with van der Waals surface area (Å²) in [6, 6.07) is 8.47. The van der Waals surface area contributed by atoms with Crippen LogP contribution in [0.5, 0.6) is 0 Å². The second-order valence-electron chi connectivity index (χ2n) is 4.43. The third-order valence-corrected chi connectivity index (χ3v) is 3.42. The average Bonchev–Trinajstić information content (AvgIpc) is 2.32. The molecule has 0 aromatic heterocycles. The largest absolute Gasteiger partial charge is 0.393 e. The van der Waals surface area contributed by atoms with Crippen molar-refractivity contribution in [2.24, 2.45) is 0 Å². The van der Waals surface area contributed by atoms with Crippen molar-refractivity contribution in [3.8, 4) is 6.07 Å². The van der Waals surface area contributed by atoms with Gasteiger partial charge in [-0.25, -0.2) is 4.39 Å². The highest BCUT2D eigenvalue weighted by Gasteiger charge is 2.36. The molecule has 2 rings (SSSR count). The summed E-state index contributed by atoms with van der Waals surface area (Å²) in [5.74, 6) is -0.285. The zero-order valence-corrected chi connectivity index (χ0v) is 8.99. The number of rotatable bonds is 1. The van der Waals surface area contributed by atoms with Crippen LogP contribution in [0.1, 0.15) is 31.2 Å². The quantitative estimate of drug-likeness (QED) is 0.788. The summed E-state index contributed by atoms with van der Waals surface area (Å²) in [5.41, 5.74) is 0.329. The van der Waals surface area contributed by atoms with Crippen LogP contribution in [0.15, 0.2) is 24.3 Å². The highest BCUT2D eigenvalue weighted by molar-refractivity contribution is 5.33. The standard InChI is InChI=1S/C13H14FNO/c14-11-3-1-10(2-4-11)13(9-15)7-5-12(16)6-8-13/h1-4,12,16H,5-8H2/t12-,13-. The number of hydrogen-bond donors (Lipinski definition) is 1. The van der Waals surface area contributed by atoms with Crippen LogP contribution in [-0.4, -0.2) is 11.2 Å². The Bertz CT molecular complexity index is 399. The van der Waals surface area contributed by atoms with Crippen molar-refractivity contribution in [2.45, 2.75) is 37.2 Å². The number of halogens is 1. The Morgan fingerprint density at radius 2 is 1.81 bits per heavy atom. The van der Waals surface area contributed by atoms with Crippen molar-refractivity contribution < 1.29 is 9.50 Å². The third kappa shape index (κ3) is 1.94. The normalized spacial score (nSPS) is 29.7. The molecule has 1 aliphatic rings. The SMILES string of the molecule is N#C[C@]1(c2ccc(F)cc2)CC[C@H](O)CC1. The van der Waals surface area contributed by atoms with Crippen LogP contribution >= 0.6 is 0 Å². The minimum absolute atomic E-state index is 0.285. The first kappa shape index (κ1) is 11.1. The Kier molecular flexibility index (Phi) is 2.93. The Labute approximate surface area is 94.3 Å². The second kappa shape index (κ2) is 4.23. The van der Waals surface area contributed by atoms with E-state index in [1.165, 1.54) is 12.1 Å². The molecular formula is C13H14FNO. The topological polar surface area (TPSA) is 44.0 Å². The van der Waals surface area contributed by atoms with Crippen LogP contribution in [0.25, 0.3) is 0 Å². The number of aliphatic hydroxyl groups is 1. The van der Waals surface area contributed by atoms with Crippen molar-refractivity contribution in [2.75, 3.05) is 0 Å². The lowest BCUT2D eigenvalue weighted by Gasteiger charge is -2.33. The summed E-state index contributed by atoms with van der Waals surface area (Å²) in [6.07, 6.45) is 2.30. The first-order chi connectivity index (χ1) is 7.66. The number of nitrogens with zero attached hydrogens (tertiary/aromatic N) is 1. The predicted molar refractivity (Wildman–Crippen MR) is 58.2 cm³/mol. The first-order valence-electron chi connectivity index (χ1n) is 5.52. The van der Waals surface area contributed by atoms with E-state index in [4.69, 9.17) is 0 Å². The van der Waals surface area contributed by atoms with E-state index in [9.17, 15) is 14.8 Å². The molecule has 0 amide bonds. The van der Waals surface area contributed by atoms with E-state index < -0.39 is 5.41 Å². The lowest BCUT2D eigenvalue weighted by atomic mass is 9.70. The van der Waals surface area contributed by atoms with Crippen LogP contribution in [0.3, 0.4) is 0 Å². The van der Waals surface area contributed by atoms with E-state index >= 15 is 0 Å². The smallest absolute Gasteiger partial charge is 0.123 e. The van der Waals surface area contributed by atoms with Gasteiger partial charge in [0.2, 0.25) is 0 Å². The van der Waals surface area contributed by atoms with E-state index in [2.05, 4.69) is 6.07 Å². The van der Waals surface area contributed by atoms with E-state index in [-0.39, 0.29) is 11.9 Å². The van der Waals surface area contributed by atoms with Gasteiger partial charge in [-0.05, 0) is 43.4 Å². The molecule has 1 saturated carbocycles. The molecule has 1 N–H and O–H groups in total. The van der Waals surface area contributed by atoms with Gasteiger partial charge in [0.1, 0.15) is 5.82 Å². The van der Waals surface area contributed by atoms with Crippen LogP contribution in [-0.2, 0) is 5.41 Å². The van der Waals surface area contributed by atoms with Gasteiger partial charge in [-0.1, -0.05) is 12.1 Å². The molecule has 1 aliphatic carbocycles. The Morgan fingerprint density at radius 3 is 2.31 bits per heavy atom. The summed E-state index contributed by atoms with van der Waals surface area (Å²) in [4.78, 5) is 0. The molecule has 1 aromatic rings. The lowest BCUT2D eigenvalue weighted by molar-refractivity contribution is 0.109. The first-order valence-corrected chi connectivity index (χ1v) is 5.52. The van der Waals surface area contributed by atoms with Gasteiger partial charge in [0.25, 0.3) is 0 Å². The van der Waals surface area contributed by atoms with E-state index in [1.807, 2.05) is 0 Å². The molecule has 0 heterocycles. The van der Waals surface area contributed by atoms with Crippen LogP contribution in [0.2, 0.25) is 0 Å². The average molecular weight is 219 g/mol. The molecule has 16 heavy (non-hydrogen) atoms. The van der Waals surface area contributed by atoms with Crippen molar-refractivity contribution in [3.63, 3.8) is 0 Å². The highest BCUT2D eigenvalue weighted by atomic mass is 19.1. The third-order valence-electron chi connectivity index (χ3n) is 3.42. The summed E-state index contributed by atoms with van der Waals surface area (Å²) in [5, 5.41) is 18.8. The molecule has 3 heteroatoms. The monoisotopic (exact) mass is 219 g/mol. The van der Waals surface area contributed by atoms with Gasteiger partial charge < -0.3 is 5.11 Å². The van der Waals surface area contributed by atoms with Crippen LogP contribution in [0.4, 0.5) is 4.39 Å². The molecule has 0 spiro atoms. The number of benzene rings is 1.